The molecule has 1 aromatic rings. The third-order valence-corrected chi connectivity index (χ3v) is 4.47. The van der Waals surface area contributed by atoms with Crippen LogP contribution >= 0.6 is 0 Å². The van der Waals surface area contributed by atoms with Gasteiger partial charge in [0.15, 0.2) is 0 Å². The van der Waals surface area contributed by atoms with Gasteiger partial charge in [0, 0.05) is 25.7 Å². The van der Waals surface area contributed by atoms with Crippen LogP contribution in [0.4, 0.5) is 0 Å². The summed E-state index contributed by atoms with van der Waals surface area (Å²) in [6.07, 6.45) is 3.31. The first kappa shape index (κ1) is 17.3. The lowest BCUT2D eigenvalue weighted by Gasteiger charge is -2.36. The van der Waals surface area contributed by atoms with Gasteiger partial charge in [0.2, 0.25) is 0 Å². The maximum atomic E-state index is 8.94. The predicted octanol–water partition coefficient (Wildman–Crippen LogP) is 2.36. The first-order valence-electron chi connectivity index (χ1n) is 8.48. The van der Waals surface area contributed by atoms with Crippen LogP contribution in [0, 0.1) is 0 Å². The second-order valence-electron chi connectivity index (χ2n) is 6.15. The molecule has 1 aromatic carbocycles. The lowest BCUT2D eigenvalue weighted by atomic mass is 10.0. The van der Waals surface area contributed by atoms with Crippen LogP contribution in [0.25, 0.3) is 0 Å². The minimum absolute atomic E-state index is 0.291. The van der Waals surface area contributed by atoms with Gasteiger partial charge < -0.3 is 14.7 Å². The quantitative estimate of drug-likeness (QED) is 0.800. The Morgan fingerprint density at radius 3 is 2.77 bits per heavy atom. The average molecular weight is 306 g/mol. The zero-order valence-electron chi connectivity index (χ0n) is 14.0. The minimum Gasteiger partial charge on any atom is -0.494 e. The summed E-state index contributed by atoms with van der Waals surface area (Å²) in [5.41, 5.74) is 1.33. The zero-order chi connectivity index (χ0) is 15.8. The Bertz CT molecular complexity index is 431. The summed E-state index contributed by atoms with van der Waals surface area (Å²) in [5, 5.41) is 8.94. The fourth-order valence-corrected chi connectivity index (χ4v) is 3.18. The van der Waals surface area contributed by atoms with Gasteiger partial charge >= 0.3 is 0 Å². The van der Waals surface area contributed by atoms with Crippen molar-refractivity contribution in [1.82, 2.24) is 9.80 Å². The van der Waals surface area contributed by atoms with Gasteiger partial charge in [-0.25, -0.2) is 0 Å². The number of aliphatic hydroxyl groups is 1. The molecule has 1 fully saturated rings. The van der Waals surface area contributed by atoms with Crippen LogP contribution in [0.5, 0.6) is 5.75 Å². The van der Waals surface area contributed by atoms with E-state index in [2.05, 4.69) is 35.0 Å². The van der Waals surface area contributed by atoms with E-state index >= 15 is 0 Å². The number of piperidine rings is 1. The van der Waals surface area contributed by atoms with Crippen molar-refractivity contribution < 1.29 is 9.84 Å². The number of aliphatic hydroxyl groups excluding tert-OH is 1. The van der Waals surface area contributed by atoms with E-state index in [-0.39, 0.29) is 0 Å². The molecule has 4 heteroatoms. The highest BCUT2D eigenvalue weighted by Gasteiger charge is 2.22. The van der Waals surface area contributed by atoms with Gasteiger partial charge in [-0.05, 0) is 64.0 Å². The number of nitrogens with zero attached hydrogens (tertiary/aromatic N) is 2. The lowest BCUT2D eigenvalue weighted by molar-refractivity contribution is 0.117. The zero-order valence-corrected chi connectivity index (χ0v) is 14.0. The molecule has 1 N–H and O–H groups in total. The van der Waals surface area contributed by atoms with Gasteiger partial charge in [-0.2, -0.15) is 0 Å². The average Bonchev–Trinajstić information content (AvgIpc) is 2.54. The maximum absolute atomic E-state index is 8.94. The molecule has 1 aliphatic heterocycles. The molecule has 0 aromatic heterocycles. The molecule has 0 saturated carbocycles. The largest absolute Gasteiger partial charge is 0.494 e. The summed E-state index contributed by atoms with van der Waals surface area (Å²) in [6, 6.07) is 9.10. The van der Waals surface area contributed by atoms with E-state index in [0.717, 1.165) is 45.0 Å². The Balaban J connectivity index is 1.78. The second-order valence-corrected chi connectivity index (χ2v) is 6.15. The lowest BCUT2D eigenvalue weighted by Crippen LogP contribution is -2.43. The van der Waals surface area contributed by atoms with E-state index < -0.39 is 0 Å². The molecule has 4 nitrogen and oxygen atoms in total. The molecule has 0 radical (unpaired) electrons. The number of rotatable bonds is 8. The van der Waals surface area contributed by atoms with E-state index in [1.807, 2.05) is 13.0 Å². The summed E-state index contributed by atoms with van der Waals surface area (Å²) in [4.78, 5) is 4.94. The molecule has 124 valence electrons. The van der Waals surface area contributed by atoms with Crippen LogP contribution in [-0.2, 0) is 6.54 Å². The smallest absolute Gasteiger partial charge is 0.119 e. The normalized spacial score (nSPS) is 17.1. The third kappa shape index (κ3) is 5.27. The monoisotopic (exact) mass is 306 g/mol. The standard InChI is InChI=1S/C18H30N2O2/c1-3-22-18-7-4-6-16(14-18)15-20-11-8-17(9-12-20)19(2)10-5-13-21/h4,6-7,14,17,21H,3,5,8-13,15H2,1-2H3. The third-order valence-electron chi connectivity index (χ3n) is 4.47. The molecule has 0 amide bonds. The van der Waals surface area contributed by atoms with Crippen molar-refractivity contribution in [2.75, 3.05) is 39.9 Å². The van der Waals surface area contributed by atoms with Crippen LogP contribution in [-0.4, -0.2) is 60.8 Å². The van der Waals surface area contributed by atoms with Gasteiger partial charge in [-0.15, -0.1) is 0 Å². The number of hydrogen-bond donors (Lipinski definition) is 1. The van der Waals surface area contributed by atoms with Gasteiger partial charge in [0.05, 0.1) is 6.61 Å². The molecule has 1 aliphatic rings. The molecule has 0 atom stereocenters. The molecule has 1 saturated heterocycles. The Kier molecular flexibility index (Phi) is 7.16. The van der Waals surface area contributed by atoms with Gasteiger partial charge in [-0.3, -0.25) is 4.90 Å². The molecule has 0 spiro atoms. The van der Waals surface area contributed by atoms with E-state index in [0.29, 0.717) is 12.6 Å². The number of benzene rings is 1. The van der Waals surface area contributed by atoms with Gasteiger partial charge in [0.1, 0.15) is 5.75 Å². The van der Waals surface area contributed by atoms with Crippen LogP contribution in [0.2, 0.25) is 0 Å². The molecule has 0 aliphatic carbocycles. The first-order valence-corrected chi connectivity index (χ1v) is 8.48. The topological polar surface area (TPSA) is 35.9 Å². The van der Waals surface area contributed by atoms with Crippen molar-refractivity contribution in [3.63, 3.8) is 0 Å². The first-order chi connectivity index (χ1) is 10.7. The minimum atomic E-state index is 0.291. The van der Waals surface area contributed by atoms with Crippen LogP contribution < -0.4 is 4.74 Å². The Morgan fingerprint density at radius 2 is 2.09 bits per heavy atom. The highest BCUT2D eigenvalue weighted by Crippen LogP contribution is 2.20. The molecule has 0 unspecified atom stereocenters. The van der Waals surface area contributed by atoms with Crippen molar-refractivity contribution in [2.24, 2.45) is 0 Å². The Hall–Kier alpha value is -1.10. The van der Waals surface area contributed by atoms with Gasteiger partial charge in [0.25, 0.3) is 0 Å². The van der Waals surface area contributed by atoms with Crippen molar-refractivity contribution >= 4 is 0 Å². The van der Waals surface area contributed by atoms with E-state index in [4.69, 9.17) is 9.84 Å². The fourth-order valence-electron chi connectivity index (χ4n) is 3.18. The van der Waals surface area contributed by atoms with E-state index in [9.17, 15) is 0 Å². The summed E-state index contributed by atoms with van der Waals surface area (Å²) >= 11 is 0. The highest BCUT2D eigenvalue weighted by atomic mass is 16.5. The van der Waals surface area contributed by atoms with Crippen LogP contribution in [0.15, 0.2) is 24.3 Å². The van der Waals surface area contributed by atoms with E-state index in [1.165, 1.54) is 18.4 Å². The SMILES string of the molecule is CCOc1cccc(CN2CCC(N(C)CCCO)CC2)c1. The predicted molar refractivity (Wildman–Crippen MR) is 90.2 cm³/mol. The molecule has 2 rings (SSSR count). The summed E-state index contributed by atoms with van der Waals surface area (Å²) in [7, 11) is 2.18. The molecular weight excluding hydrogens is 276 g/mol. The second kappa shape index (κ2) is 9.13. The molecule has 1 heterocycles. The fraction of sp³-hybridized carbons (Fsp3) is 0.667. The molecular formula is C18H30N2O2. The number of ether oxygens (including phenoxy) is 1. The maximum Gasteiger partial charge on any atom is 0.119 e. The Morgan fingerprint density at radius 1 is 1.32 bits per heavy atom. The summed E-state index contributed by atoms with van der Waals surface area (Å²) in [5.74, 6) is 0.971. The van der Waals surface area contributed by atoms with E-state index in [1.54, 1.807) is 0 Å². The molecule has 22 heavy (non-hydrogen) atoms. The molecule has 0 bridgehead atoms. The van der Waals surface area contributed by atoms with Crippen molar-refractivity contribution in [3.05, 3.63) is 29.8 Å². The van der Waals surface area contributed by atoms with Crippen molar-refractivity contribution in [3.8, 4) is 5.75 Å². The Labute approximate surface area is 134 Å². The highest BCUT2D eigenvalue weighted by molar-refractivity contribution is 5.28. The van der Waals surface area contributed by atoms with Crippen LogP contribution in [0.1, 0.15) is 31.7 Å². The number of hydrogen-bond acceptors (Lipinski definition) is 4. The van der Waals surface area contributed by atoms with Gasteiger partial charge in [-0.1, -0.05) is 12.1 Å². The summed E-state index contributed by atoms with van der Waals surface area (Å²) in [6.45, 7) is 7.32. The number of likely N-dealkylation sites (tertiary alicyclic amines) is 1. The van der Waals surface area contributed by atoms with Crippen molar-refractivity contribution in [2.45, 2.75) is 38.8 Å². The summed E-state index contributed by atoms with van der Waals surface area (Å²) < 4.78 is 5.58. The van der Waals surface area contributed by atoms with Crippen molar-refractivity contribution in [1.29, 1.82) is 0 Å². The van der Waals surface area contributed by atoms with Crippen LogP contribution in [0.3, 0.4) is 0 Å².